The van der Waals surface area contributed by atoms with Crippen LogP contribution in [-0.2, 0) is 29.1 Å². The maximum atomic E-state index is 13.8. The third-order valence-electron chi connectivity index (χ3n) is 6.96. The Labute approximate surface area is 221 Å². The molecule has 2 aliphatic heterocycles. The summed E-state index contributed by atoms with van der Waals surface area (Å²) in [5.74, 6) is -0.215. The third-order valence-corrected chi connectivity index (χ3v) is 7.21. The quantitative estimate of drug-likeness (QED) is 0.537. The Bertz CT molecular complexity index is 1250. The molecule has 5 rings (SSSR count). The zero-order valence-electron chi connectivity index (χ0n) is 20.4. The molecule has 3 aromatic carbocycles. The van der Waals surface area contributed by atoms with Gasteiger partial charge >= 0.3 is 6.03 Å². The molecular formula is C29H29ClN4O3. The van der Waals surface area contributed by atoms with Gasteiger partial charge in [-0.25, -0.2) is 4.79 Å². The van der Waals surface area contributed by atoms with Crippen molar-refractivity contribution in [2.24, 2.45) is 0 Å². The first-order valence-electron chi connectivity index (χ1n) is 12.5. The Morgan fingerprint density at radius 3 is 2.19 bits per heavy atom. The van der Waals surface area contributed by atoms with Gasteiger partial charge in [-0.3, -0.25) is 9.59 Å². The van der Waals surface area contributed by atoms with Gasteiger partial charge in [0, 0.05) is 37.5 Å². The SMILES string of the molecule is O=C1[C@H](Cc2ccccc2)N2C(=O)CCN(C(=O)NCc3ccccc3)[C@H]2CN1Cc1ccc(Cl)cc1. The van der Waals surface area contributed by atoms with Crippen molar-refractivity contribution < 1.29 is 14.4 Å². The monoisotopic (exact) mass is 516 g/mol. The second-order valence-electron chi connectivity index (χ2n) is 9.42. The average Bonchev–Trinajstić information content (AvgIpc) is 2.92. The van der Waals surface area contributed by atoms with E-state index in [0.29, 0.717) is 31.1 Å². The summed E-state index contributed by atoms with van der Waals surface area (Å²) in [6.45, 7) is 1.32. The number of amides is 4. The van der Waals surface area contributed by atoms with Crippen LogP contribution in [0.5, 0.6) is 0 Å². The number of nitrogens with one attached hydrogen (secondary N) is 1. The maximum absolute atomic E-state index is 13.8. The number of hydrogen-bond acceptors (Lipinski definition) is 3. The minimum absolute atomic E-state index is 0.0995. The normalized spacial score (nSPS) is 19.5. The van der Waals surface area contributed by atoms with Gasteiger partial charge < -0.3 is 20.0 Å². The molecule has 0 radical (unpaired) electrons. The van der Waals surface area contributed by atoms with Crippen molar-refractivity contribution in [2.45, 2.75) is 38.1 Å². The molecule has 0 unspecified atom stereocenters. The first-order valence-corrected chi connectivity index (χ1v) is 12.8. The molecule has 0 spiro atoms. The summed E-state index contributed by atoms with van der Waals surface area (Å²) in [6.07, 6.45) is 0.0273. The predicted molar refractivity (Wildman–Crippen MR) is 141 cm³/mol. The van der Waals surface area contributed by atoms with Gasteiger partial charge in [0.05, 0.1) is 6.54 Å². The summed E-state index contributed by atoms with van der Waals surface area (Å²) in [7, 11) is 0. The lowest BCUT2D eigenvalue weighted by Crippen LogP contribution is -2.72. The molecule has 2 saturated heterocycles. The number of nitrogens with zero attached hydrogens (tertiary/aromatic N) is 3. The number of urea groups is 1. The first kappa shape index (κ1) is 24.8. The highest BCUT2D eigenvalue weighted by Gasteiger charge is 2.48. The van der Waals surface area contributed by atoms with Crippen molar-refractivity contribution >= 4 is 29.4 Å². The second-order valence-corrected chi connectivity index (χ2v) is 9.86. The van der Waals surface area contributed by atoms with E-state index in [1.165, 1.54) is 0 Å². The molecule has 2 atom stereocenters. The molecule has 4 amide bonds. The first-order chi connectivity index (χ1) is 18.0. The molecule has 0 aromatic heterocycles. The topological polar surface area (TPSA) is 73.0 Å². The summed E-state index contributed by atoms with van der Waals surface area (Å²) >= 11 is 6.06. The third kappa shape index (κ3) is 5.62. The lowest BCUT2D eigenvalue weighted by atomic mass is 9.97. The zero-order valence-corrected chi connectivity index (χ0v) is 21.2. The van der Waals surface area contributed by atoms with Crippen LogP contribution >= 0.6 is 11.6 Å². The van der Waals surface area contributed by atoms with Crippen LogP contribution in [0.2, 0.25) is 5.02 Å². The molecule has 2 aliphatic rings. The Morgan fingerprint density at radius 2 is 1.51 bits per heavy atom. The van der Waals surface area contributed by atoms with E-state index in [2.05, 4.69) is 5.32 Å². The van der Waals surface area contributed by atoms with Crippen LogP contribution in [0.3, 0.4) is 0 Å². The van der Waals surface area contributed by atoms with Gasteiger partial charge in [0.2, 0.25) is 11.8 Å². The van der Waals surface area contributed by atoms with Crippen LogP contribution in [0, 0.1) is 0 Å². The average molecular weight is 517 g/mol. The Kier molecular flexibility index (Phi) is 7.42. The molecule has 1 N–H and O–H groups in total. The summed E-state index contributed by atoms with van der Waals surface area (Å²) in [5.41, 5.74) is 2.89. The molecule has 0 saturated carbocycles. The van der Waals surface area contributed by atoms with Crippen molar-refractivity contribution in [2.75, 3.05) is 13.1 Å². The maximum Gasteiger partial charge on any atom is 0.319 e. The van der Waals surface area contributed by atoms with Crippen molar-refractivity contribution in [1.29, 1.82) is 0 Å². The van der Waals surface area contributed by atoms with Gasteiger partial charge in [-0.15, -0.1) is 0 Å². The molecule has 0 aliphatic carbocycles. The number of piperazine rings is 1. The molecular weight excluding hydrogens is 488 g/mol. The smallest absolute Gasteiger partial charge is 0.319 e. The van der Waals surface area contributed by atoms with Crippen LogP contribution in [-0.4, -0.2) is 57.8 Å². The van der Waals surface area contributed by atoms with Crippen molar-refractivity contribution in [3.05, 3.63) is 107 Å². The van der Waals surface area contributed by atoms with E-state index in [4.69, 9.17) is 11.6 Å². The van der Waals surface area contributed by atoms with E-state index in [1.54, 1.807) is 26.8 Å². The minimum Gasteiger partial charge on any atom is -0.334 e. The molecule has 3 aromatic rings. The molecule has 2 heterocycles. The van der Waals surface area contributed by atoms with Crippen LogP contribution in [0.4, 0.5) is 4.79 Å². The summed E-state index contributed by atoms with van der Waals surface area (Å²) in [6, 6.07) is 25.8. The fraction of sp³-hybridized carbons (Fsp3) is 0.276. The van der Waals surface area contributed by atoms with Crippen LogP contribution in [0.25, 0.3) is 0 Å². The Hall–Kier alpha value is -3.84. The Morgan fingerprint density at radius 1 is 0.865 bits per heavy atom. The fourth-order valence-corrected chi connectivity index (χ4v) is 5.21. The summed E-state index contributed by atoms with van der Waals surface area (Å²) in [4.78, 5) is 45.4. The van der Waals surface area contributed by atoms with Gasteiger partial charge in [0.25, 0.3) is 0 Å². The van der Waals surface area contributed by atoms with E-state index in [-0.39, 0.29) is 30.8 Å². The molecule has 190 valence electrons. The number of rotatable bonds is 6. The standard InChI is InChI=1S/C29H29ClN4O3/c30-24-13-11-23(12-14-24)19-32-20-26-33(29(37)31-18-22-9-5-2-6-10-22)16-15-27(35)34(26)25(28(32)36)17-21-7-3-1-4-8-21/h1-14,25-26H,15-20H2,(H,31,37)/t25-,26+/m0/s1. The number of fused-ring (bicyclic) bond motifs is 1. The fourth-order valence-electron chi connectivity index (χ4n) is 5.08. The minimum atomic E-state index is -0.689. The largest absolute Gasteiger partial charge is 0.334 e. The predicted octanol–water partition coefficient (Wildman–Crippen LogP) is 4.06. The van der Waals surface area contributed by atoms with Crippen molar-refractivity contribution in [3.63, 3.8) is 0 Å². The molecule has 37 heavy (non-hydrogen) atoms. The van der Waals surface area contributed by atoms with E-state index < -0.39 is 12.2 Å². The number of halogens is 1. The van der Waals surface area contributed by atoms with E-state index in [0.717, 1.165) is 16.7 Å². The second kappa shape index (κ2) is 11.0. The van der Waals surface area contributed by atoms with Gasteiger partial charge in [0.15, 0.2) is 0 Å². The number of carbonyl (C=O) groups is 3. The number of hydrogen-bond donors (Lipinski definition) is 1. The van der Waals surface area contributed by atoms with Gasteiger partial charge in [0.1, 0.15) is 12.2 Å². The van der Waals surface area contributed by atoms with E-state index in [1.807, 2.05) is 72.8 Å². The number of benzene rings is 3. The summed E-state index contributed by atoms with van der Waals surface area (Å²) in [5, 5.41) is 3.62. The van der Waals surface area contributed by atoms with Crippen molar-refractivity contribution in [1.82, 2.24) is 20.0 Å². The molecule has 8 heteroatoms. The van der Waals surface area contributed by atoms with Crippen LogP contribution in [0.1, 0.15) is 23.1 Å². The Balaban J connectivity index is 1.42. The summed E-state index contributed by atoms with van der Waals surface area (Å²) < 4.78 is 0. The highest BCUT2D eigenvalue weighted by atomic mass is 35.5. The van der Waals surface area contributed by atoms with Gasteiger partial charge in [-0.1, -0.05) is 84.4 Å². The van der Waals surface area contributed by atoms with Crippen LogP contribution < -0.4 is 5.32 Å². The van der Waals surface area contributed by atoms with E-state index in [9.17, 15) is 14.4 Å². The lowest BCUT2D eigenvalue weighted by molar-refractivity contribution is -0.167. The van der Waals surface area contributed by atoms with E-state index >= 15 is 0 Å². The van der Waals surface area contributed by atoms with Crippen LogP contribution in [0.15, 0.2) is 84.9 Å². The number of carbonyl (C=O) groups excluding carboxylic acids is 3. The highest BCUT2D eigenvalue weighted by molar-refractivity contribution is 6.30. The zero-order chi connectivity index (χ0) is 25.8. The van der Waals surface area contributed by atoms with Gasteiger partial charge in [-0.2, -0.15) is 0 Å². The lowest BCUT2D eigenvalue weighted by Gasteiger charge is -2.52. The molecule has 7 nitrogen and oxygen atoms in total. The highest BCUT2D eigenvalue weighted by Crippen LogP contribution is 2.29. The van der Waals surface area contributed by atoms with Crippen molar-refractivity contribution in [3.8, 4) is 0 Å². The molecule has 0 bridgehead atoms. The van der Waals surface area contributed by atoms with Gasteiger partial charge in [-0.05, 0) is 28.8 Å². The molecule has 2 fully saturated rings.